The van der Waals surface area contributed by atoms with Gasteiger partial charge in [0.25, 0.3) is 0 Å². The van der Waals surface area contributed by atoms with E-state index in [0.29, 0.717) is 17.5 Å². The molecule has 0 unspecified atom stereocenters. The van der Waals surface area contributed by atoms with Crippen LogP contribution < -0.4 is 0 Å². The maximum Gasteiger partial charge on any atom is 0.164 e. The largest absolute Gasteiger partial charge is 0.456 e. The number of hydrogen-bond acceptors (Lipinski definition) is 4. The highest BCUT2D eigenvalue weighted by atomic mass is 16.3. The Labute approximate surface area is 361 Å². The Morgan fingerprint density at radius 3 is 1.49 bits per heavy atom. The molecule has 0 saturated heterocycles. The topological polar surface area (TPSA) is 61.7 Å². The lowest BCUT2D eigenvalue weighted by Crippen LogP contribution is -2.01. The molecule has 9 aromatic carbocycles. The van der Waals surface area contributed by atoms with E-state index in [9.17, 15) is 0 Å². The minimum Gasteiger partial charge on any atom is -0.456 e. The summed E-state index contributed by atoms with van der Waals surface area (Å²) in [5.74, 6) is 1.75. The van der Waals surface area contributed by atoms with Crippen molar-refractivity contribution in [3.8, 4) is 56.7 Å². The Morgan fingerprint density at radius 1 is 0.302 bits per heavy atom. The number of furan rings is 1. The highest BCUT2D eigenvalue weighted by Crippen LogP contribution is 2.42. The molecule has 0 aliphatic carbocycles. The van der Waals surface area contributed by atoms with E-state index in [-0.39, 0.29) is 0 Å². The lowest BCUT2D eigenvalue weighted by atomic mass is 9.97. The van der Waals surface area contributed by atoms with Gasteiger partial charge in [-0.25, -0.2) is 15.0 Å². The van der Waals surface area contributed by atoms with E-state index < -0.39 is 0 Å². The van der Waals surface area contributed by atoms with E-state index in [1.54, 1.807) is 0 Å². The van der Waals surface area contributed by atoms with Crippen molar-refractivity contribution >= 4 is 65.6 Å². The number of para-hydroxylation sites is 4. The second kappa shape index (κ2) is 14.0. The molecule has 13 aromatic rings. The highest BCUT2D eigenvalue weighted by molar-refractivity contribution is 6.19. The molecule has 0 radical (unpaired) electrons. The van der Waals surface area contributed by atoms with Gasteiger partial charge in [-0.3, -0.25) is 0 Å². The van der Waals surface area contributed by atoms with Crippen molar-refractivity contribution in [3.05, 3.63) is 212 Å². The number of nitrogens with zero attached hydrogens (tertiary/aromatic N) is 5. The summed E-state index contributed by atoms with van der Waals surface area (Å²) in [5, 5.41) is 6.99. The normalized spacial score (nSPS) is 11.8. The summed E-state index contributed by atoms with van der Waals surface area (Å²) in [4.78, 5) is 15.6. The zero-order chi connectivity index (χ0) is 41.4. The first-order chi connectivity index (χ1) is 31.2. The summed E-state index contributed by atoms with van der Waals surface area (Å²) in [6.45, 7) is 0. The number of aromatic nitrogens is 5. The first-order valence-corrected chi connectivity index (χ1v) is 21.2. The lowest BCUT2D eigenvalue weighted by Gasteiger charge is -2.13. The Hall–Kier alpha value is -8.61. The molecule has 13 rings (SSSR count). The Kier molecular flexibility index (Phi) is 7.80. The van der Waals surface area contributed by atoms with Crippen LogP contribution in [0.4, 0.5) is 0 Å². The van der Waals surface area contributed by atoms with Crippen molar-refractivity contribution in [2.24, 2.45) is 0 Å². The van der Waals surface area contributed by atoms with E-state index in [0.717, 1.165) is 77.7 Å². The molecule has 0 saturated carbocycles. The van der Waals surface area contributed by atoms with Gasteiger partial charge in [0, 0.05) is 60.4 Å². The summed E-state index contributed by atoms with van der Waals surface area (Å²) in [6, 6.07) is 74.4. The van der Waals surface area contributed by atoms with Crippen molar-refractivity contribution in [1.82, 2.24) is 24.1 Å². The lowest BCUT2D eigenvalue weighted by molar-refractivity contribution is 0.669. The van der Waals surface area contributed by atoms with Gasteiger partial charge in [0.05, 0.1) is 22.1 Å². The summed E-state index contributed by atoms with van der Waals surface area (Å²) < 4.78 is 11.3. The average molecular weight is 806 g/mol. The fourth-order valence-corrected chi connectivity index (χ4v) is 9.53. The monoisotopic (exact) mass is 805 g/mol. The molecule has 0 spiro atoms. The summed E-state index contributed by atoms with van der Waals surface area (Å²) in [5.41, 5.74) is 13.1. The van der Waals surface area contributed by atoms with Crippen LogP contribution in [0, 0.1) is 0 Å². The molecule has 0 aliphatic heterocycles. The molecule has 4 heterocycles. The van der Waals surface area contributed by atoms with Crippen LogP contribution in [-0.2, 0) is 0 Å². The van der Waals surface area contributed by atoms with Gasteiger partial charge in [0.2, 0.25) is 0 Å². The maximum atomic E-state index is 6.53. The predicted molar refractivity (Wildman–Crippen MR) is 258 cm³/mol. The van der Waals surface area contributed by atoms with Crippen LogP contribution in [0.1, 0.15) is 0 Å². The van der Waals surface area contributed by atoms with Crippen LogP contribution in [0.15, 0.2) is 217 Å². The van der Waals surface area contributed by atoms with Gasteiger partial charge in [0.15, 0.2) is 17.5 Å². The van der Waals surface area contributed by atoms with E-state index in [4.69, 9.17) is 19.4 Å². The smallest absolute Gasteiger partial charge is 0.164 e. The Morgan fingerprint density at radius 2 is 0.810 bits per heavy atom. The van der Waals surface area contributed by atoms with Gasteiger partial charge >= 0.3 is 0 Å². The van der Waals surface area contributed by atoms with Crippen molar-refractivity contribution in [2.75, 3.05) is 0 Å². The third-order valence-corrected chi connectivity index (χ3v) is 12.3. The molecular formula is C57H35N5O. The molecule has 0 fully saturated rings. The third kappa shape index (κ3) is 5.62. The summed E-state index contributed by atoms with van der Waals surface area (Å²) in [6.07, 6.45) is 0. The van der Waals surface area contributed by atoms with Crippen LogP contribution in [0.2, 0.25) is 0 Å². The first-order valence-electron chi connectivity index (χ1n) is 21.2. The van der Waals surface area contributed by atoms with Crippen LogP contribution in [0.5, 0.6) is 0 Å². The summed E-state index contributed by atoms with van der Waals surface area (Å²) >= 11 is 0. The molecule has 0 amide bonds. The number of benzene rings is 9. The van der Waals surface area contributed by atoms with E-state index in [1.165, 1.54) is 27.1 Å². The minimum atomic E-state index is 0.566. The van der Waals surface area contributed by atoms with Crippen LogP contribution in [0.25, 0.3) is 122 Å². The molecule has 63 heavy (non-hydrogen) atoms. The molecule has 6 heteroatoms. The molecule has 294 valence electrons. The van der Waals surface area contributed by atoms with Gasteiger partial charge in [0.1, 0.15) is 11.2 Å². The molecule has 4 aromatic heterocycles. The molecule has 0 atom stereocenters. The zero-order valence-corrected chi connectivity index (χ0v) is 33.9. The second-order valence-electron chi connectivity index (χ2n) is 16.0. The zero-order valence-electron chi connectivity index (χ0n) is 33.9. The average Bonchev–Trinajstić information content (AvgIpc) is 4.01. The Bertz CT molecular complexity index is 3900. The van der Waals surface area contributed by atoms with E-state index in [2.05, 4.69) is 173 Å². The number of rotatable bonds is 6. The van der Waals surface area contributed by atoms with Crippen LogP contribution >= 0.6 is 0 Å². The number of hydrogen-bond donors (Lipinski definition) is 0. The van der Waals surface area contributed by atoms with E-state index in [1.807, 2.05) is 48.5 Å². The molecular weight excluding hydrogens is 771 g/mol. The van der Waals surface area contributed by atoms with Crippen molar-refractivity contribution in [3.63, 3.8) is 0 Å². The molecule has 0 aliphatic rings. The van der Waals surface area contributed by atoms with Crippen molar-refractivity contribution < 1.29 is 4.42 Å². The third-order valence-electron chi connectivity index (χ3n) is 12.3. The van der Waals surface area contributed by atoms with Crippen LogP contribution in [-0.4, -0.2) is 24.1 Å². The summed E-state index contributed by atoms with van der Waals surface area (Å²) in [7, 11) is 0. The highest BCUT2D eigenvalue weighted by Gasteiger charge is 2.21. The van der Waals surface area contributed by atoms with Gasteiger partial charge in [-0.2, -0.15) is 0 Å². The first kappa shape index (κ1) is 35.2. The van der Waals surface area contributed by atoms with Gasteiger partial charge in [-0.15, -0.1) is 0 Å². The van der Waals surface area contributed by atoms with Gasteiger partial charge in [-0.05, 0) is 77.9 Å². The second-order valence-corrected chi connectivity index (χ2v) is 16.0. The fraction of sp³-hybridized carbons (Fsp3) is 0. The Balaban J connectivity index is 1.03. The molecule has 6 nitrogen and oxygen atoms in total. The minimum absolute atomic E-state index is 0.566. The SMILES string of the molecule is c1ccc(-c2nc(-c3cccc(-n4c5ccccc5c5cc6c7ccccc7n(-c7ccccc7)c6cc54)c3)nc(-c3cc(-c4ccccc4)c4c(c3)oc3ccccc34)n2)cc1. The molecule has 0 N–H and O–H groups in total. The fourth-order valence-electron chi connectivity index (χ4n) is 9.53. The molecule has 0 bridgehead atoms. The van der Waals surface area contributed by atoms with Crippen LogP contribution in [0.3, 0.4) is 0 Å². The standard InChI is InChI=1S/C57H35N5O/c1-4-17-36(18-5-1)45-32-39(33-53-54(45)44-27-12-15-30-52(44)63-53)57-59-55(37-19-6-2-7-20-37)58-56(60-57)38-21-16-24-41(31-38)62-49-29-14-11-26-43(49)47-34-46-42-25-10-13-28-48(42)61(50(46)35-51(47)62)40-22-8-3-9-23-40/h1-35H. The van der Waals surface area contributed by atoms with Gasteiger partial charge in [-0.1, -0.05) is 146 Å². The number of fused-ring (bicyclic) bond motifs is 9. The van der Waals surface area contributed by atoms with Crippen molar-refractivity contribution in [1.29, 1.82) is 0 Å². The van der Waals surface area contributed by atoms with Crippen molar-refractivity contribution in [2.45, 2.75) is 0 Å². The maximum absolute atomic E-state index is 6.53. The predicted octanol–water partition coefficient (Wildman–Crippen LogP) is 14.6. The van der Waals surface area contributed by atoms with Gasteiger partial charge < -0.3 is 13.6 Å². The van der Waals surface area contributed by atoms with E-state index >= 15 is 0 Å². The quantitative estimate of drug-likeness (QED) is 0.168.